The van der Waals surface area contributed by atoms with Gasteiger partial charge in [-0.3, -0.25) is 0 Å². The number of nitrogen functional groups attached to an aromatic ring is 1. The summed E-state index contributed by atoms with van der Waals surface area (Å²) in [5.41, 5.74) is 6.00. The van der Waals surface area contributed by atoms with E-state index in [-0.39, 0.29) is 17.3 Å². The number of anilines is 1. The Morgan fingerprint density at radius 3 is 2.80 bits per heavy atom. The maximum Gasteiger partial charge on any atom is 0.241 e. The van der Waals surface area contributed by atoms with Gasteiger partial charge in [0, 0.05) is 13.0 Å². The molecule has 0 bridgehead atoms. The zero-order valence-electron chi connectivity index (χ0n) is 11.0. The molecule has 2 aromatic rings. The number of benzene rings is 1. The van der Waals surface area contributed by atoms with E-state index in [0.29, 0.717) is 17.3 Å². The van der Waals surface area contributed by atoms with Crippen LogP contribution in [-0.2, 0) is 16.6 Å². The average molecular weight is 298 g/mol. The molecule has 1 aromatic heterocycles. The van der Waals surface area contributed by atoms with Gasteiger partial charge in [0.2, 0.25) is 15.9 Å². The molecular weight excluding hydrogens is 284 g/mol. The molecule has 20 heavy (non-hydrogen) atoms. The number of sulfonamides is 1. The zero-order chi connectivity index (χ0) is 14.8. The Bertz CT molecular complexity index is 711. The summed E-state index contributed by atoms with van der Waals surface area (Å²) in [4.78, 5) is 3.95. The smallest absolute Gasteiger partial charge is 0.241 e. The summed E-state index contributed by atoms with van der Waals surface area (Å²) < 4.78 is 36.3. The Labute approximate surface area is 116 Å². The summed E-state index contributed by atoms with van der Waals surface area (Å²) in [6.07, 6.45) is 0. The fraction of sp³-hybridized carbons (Fsp3) is 0.273. The van der Waals surface area contributed by atoms with Crippen molar-refractivity contribution in [3.8, 4) is 5.75 Å². The highest BCUT2D eigenvalue weighted by Gasteiger charge is 2.17. The first-order valence-electron chi connectivity index (χ1n) is 5.65. The second-order valence-corrected chi connectivity index (χ2v) is 5.72. The molecule has 0 saturated heterocycles. The van der Waals surface area contributed by atoms with Crippen molar-refractivity contribution < 1.29 is 17.7 Å². The Morgan fingerprint density at radius 2 is 2.20 bits per heavy atom. The van der Waals surface area contributed by atoms with Gasteiger partial charge in [-0.1, -0.05) is 5.16 Å². The second-order valence-electron chi connectivity index (χ2n) is 3.96. The van der Waals surface area contributed by atoms with Gasteiger partial charge in [0.15, 0.2) is 5.82 Å². The van der Waals surface area contributed by atoms with Crippen molar-refractivity contribution in [2.75, 3.05) is 12.8 Å². The predicted octanol–water partition coefficient (Wildman–Crippen LogP) is 0.447. The van der Waals surface area contributed by atoms with E-state index in [2.05, 4.69) is 14.9 Å². The van der Waals surface area contributed by atoms with Gasteiger partial charge in [-0.2, -0.15) is 4.98 Å². The summed E-state index contributed by atoms with van der Waals surface area (Å²) in [6, 6.07) is 4.20. The molecule has 8 nitrogen and oxygen atoms in total. The van der Waals surface area contributed by atoms with Crippen LogP contribution in [0, 0.1) is 6.92 Å². The highest BCUT2D eigenvalue weighted by Crippen LogP contribution is 2.24. The SMILES string of the molecule is COc1cc(S(=O)(=O)NCc2noc(C)n2)ccc1N. The van der Waals surface area contributed by atoms with E-state index < -0.39 is 10.0 Å². The number of aryl methyl sites for hydroxylation is 1. The first-order chi connectivity index (χ1) is 9.42. The lowest BCUT2D eigenvalue weighted by molar-refractivity contribution is 0.387. The standard InChI is InChI=1S/C11H14N4O4S/c1-7-14-11(15-19-7)6-13-20(16,17)8-3-4-9(12)10(5-8)18-2/h3-5,13H,6,12H2,1-2H3. The van der Waals surface area contributed by atoms with E-state index in [9.17, 15) is 8.42 Å². The van der Waals surface area contributed by atoms with Crippen LogP contribution in [0.2, 0.25) is 0 Å². The molecule has 0 aliphatic rings. The predicted molar refractivity (Wildman–Crippen MR) is 70.5 cm³/mol. The summed E-state index contributed by atoms with van der Waals surface area (Å²) in [7, 11) is -2.29. The number of hydrogen-bond donors (Lipinski definition) is 2. The molecular formula is C11H14N4O4S. The average Bonchev–Trinajstić information content (AvgIpc) is 2.83. The number of ether oxygens (including phenoxy) is 1. The number of nitrogens with zero attached hydrogens (tertiary/aromatic N) is 2. The van der Waals surface area contributed by atoms with E-state index in [1.54, 1.807) is 6.92 Å². The normalized spacial score (nSPS) is 11.5. The van der Waals surface area contributed by atoms with Crippen LogP contribution in [0.4, 0.5) is 5.69 Å². The molecule has 0 fully saturated rings. The van der Waals surface area contributed by atoms with E-state index in [4.69, 9.17) is 15.0 Å². The van der Waals surface area contributed by atoms with Gasteiger partial charge in [-0.15, -0.1) is 0 Å². The Kier molecular flexibility index (Phi) is 3.91. The maximum atomic E-state index is 12.1. The van der Waals surface area contributed by atoms with Crippen molar-refractivity contribution in [2.45, 2.75) is 18.4 Å². The quantitative estimate of drug-likeness (QED) is 0.768. The molecule has 0 aliphatic carbocycles. The third kappa shape index (κ3) is 3.06. The minimum Gasteiger partial charge on any atom is -0.495 e. The van der Waals surface area contributed by atoms with Gasteiger partial charge in [0.1, 0.15) is 5.75 Å². The fourth-order valence-electron chi connectivity index (χ4n) is 1.51. The number of rotatable bonds is 5. The first kappa shape index (κ1) is 14.3. The lowest BCUT2D eigenvalue weighted by atomic mass is 10.3. The Hall–Kier alpha value is -2.13. The van der Waals surface area contributed by atoms with Crippen molar-refractivity contribution in [1.82, 2.24) is 14.9 Å². The molecule has 108 valence electrons. The van der Waals surface area contributed by atoms with Crippen molar-refractivity contribution in [2.24, 2.45) is 0 Å². The molecule has 0 spiro atoms. The van der Waals surface area contributed by atoms with Crippen LogP contribution in [0.15, 0.2) is 27.6 Å². The van der Waals surface area contributed by atoms with Crippen LogP contribution in [0.1, 0.15) is 11.7 Å². The van der Waals surface area contributed by atoms with Crippen LogP contribution in [0.25, 0.3) is 0 Å². The van der Waals surface area contributed by atoms with Gasteiger partial charge in [0.05, 0.1) is 24.2 Å². The lowest BCUT2D eigenvalue weighted by Gasteiger charge is -2.08. The molecule has 3 N–H and O–H groups in total. The fourth-order valence-corrected chi connectivity index (χ4v) is 2.51. The first-order valence-corrected chi connectivity index (χ1v) is 7.13. The maximum absolute atomic E-state index is 12.1. The monoisotopic (exact) mass is 298 g/mol. The minimum absolute atomic E-state index is 0.0452. The zero-order valence-corrected chi connectivity index (χ0v) is 11.8. The summed E-state index contributed by atoms with van der Waals surface area (Å²) in [5.74, 6) is 0.921. The molecule has 0 amide bonds. The Morgan fingerprint density at radius 1 is 1.45 bits per heavy atom. The summed E-state index contributed by atoms with van der Waals surface area (Å²) in [6.45, 7) is 1.56. The van der Waals surface area contributed by atoms with Gasteiger partial charge in [-0.05, 0) is 12.1 Å². The number of methoxy groups -OCH3 is 1. The molecule has 9 heteroatoms. The molecule has 0 unspecified atom stereocenters. The summed E-state index contributed by atoms with van der Waals surface area (Å²) in [5, 5.41) is 3.60. The molecule has 0 radical (unpaired) electrons. The van der Waals surface area contributed by atoms with Gasteiger partial charge in [0.25, 0.3) is 0 Å². The number of hydrogen-bond acceptors (Lipinski definition) is 7. The molecule has 1 heterocycles. The van der Waals surface area contributed by atoms with Crippen LogP contribution >= 0.6 is 0 Å². The molecule has 0 saturated carbocycles. The van der Waals surface area contributed by atoms with Crippen LogP contribution in [-0.4, -0.2) is 25.7 Å². The number of nitrogens with two attached hydrogens (primary N) is 1. The molecule has 1 aromatic carbocycles. The highest BCUT2D eigenvalue weighted by atomic mass is 32.2. The van der Waals surface area contributed by atoms with Crippen molar-refractivity contribution in [3.05, 3.63) is 29.9 Å². The topological polar surface area (TPSA) is 120 Å². The van der Waals surface area contributed by atoms with E-state index >= 15 is 0 Å². The largest absolute Gasteiger partial charge is 0.495 e. The van der Waals surface area contributed by atoms with Crippen molar-refractivity contribution in [1.29, 1.82) is 0 Å². The molecule has 2 rings (SSSR count). The molecule has 0 aliphatic heterocycles. The van der Waals surface area contributed by atoms with Crippen LogP contribution in [0.5, 0.6) is 5.75 Å². The number of nitrogens with one attached hydrogen (secondary N) is 1. The van der Waals surface area contributed by atoms with Crippen LogP contribution < -0.4 is 15.2 Å². The Balaban J connectivity index is 2.17. The van der Waals surface area contributed by atoms with Crippen molar-refractivity contribution in [3.63, 3.8) is 0 Å². The second kappa shape index (κ2) is 5.47. The van der Waals surface area contributed by atoms with Gasteiger partial charge < -0.3 is 15.0 Å². The summed E-state index contributed by atoms with van der Waals surface area (Å²) >= 11 is 0. The third-order valence-corrected chi connectivity index (χ3v) is 3.90. The number of aromatic nitrogens is 2. The van der Waals surface area contributed by atoms with E-state index in [1.165, 1.54) is 25.3 Å². The van der Waals surface area contributed by atoms with Crippen molar-refractivity contribution >= 4 is 15.7 Å². The highest BCUT2D eigenvalue weighted by molar-refractivity contribution is 7.89. The van der Waals surface area contributed by atoms with E-state index in [0.717, 1.165) is 0 Å². The van der Waals surface area contributed by atoms with Gasteiger partial charge in [-0.25, -0.2) is 13.1 Å². The van der Waals surface area contributed by atoms with Crippen LogP contribution in [0.3, 0.4) is 0 Å². The third-order valence-electron chi connectivity index (χ3n) is 2.51. The lowest BCUT2D eigenvalue weighted by Crippen LogP contribution is -2.24. The van der Waals surface area contributed by atoms with E-state index in [1.807, 2.05) is 0 Å². The minimum atomic E-state index is -3.71. The molecule has 0 atom stereocenters. The van der Waals surface area contributed by atoms with Gasteiger partial charge >= 0.3 is 0 Å².